The van der Waals surface area contributed by atoms with Crippen molar-refractivity contribution in [3.63, 3.8) is 0 Å². The van der Waals surface area contributed by atoms with Gasteiger partial charge >= 0.3 is 0 Å². The van der Waals surface area contributed by atoms with Crippen molar-refractivity contribution in [2.45, 2.75) is 57.9 Å². The van der Waals surface area contributed by atoms with Gasteiger partial charge in [-0.3, -0.25) is 0 Å². The molecule has 0 aliphatic rings. The summed E-state index contributed by atoms with van der Waals surface area (Å²) in [4.78, 5) is 0.500. The fourth-order valence-corrected chi connectivity index (χ4v) is 3.70. The van der Waals surface area contributed by atoms with Gasteiger partial charge in [0, 0.05) is 6.04 Å². The zero-order valence-electron chi connectivity index (χ0n) is 13.7. The van der Waals surface area contributed by atoms with Gasteiger partial charge in [0.15, 0.2) is 9.84 Å². The van der Waals surface area contributed by atoms with Crippen molar-refractivity contribution in [2.24, 2.45) is 5.92 Å². The molecule has 0 fully saturated rings. The molecule has 3 nitrogen and oxygen atoms in total. The summed E-state index contributed by atoms with van der Waals surface area (Å²) in [6.07, 6.45) is 2.91. The molecule has 0 radical (unpaired) electrons. The summed E-state index contributed by atoms with van der Waals surface area (Å²) in [5.74, 6) is 0.746. The molecule has 1 rings (SSSR count). The Morgan fingerprint density at radius 2 is 1.81 bits per heavy atom. The maximum Gasteiger partial charge on any atom is 0.178 e. The van der Waals surface area contributed by atoms with E-state index < -0.39 is 9.84 Å². The SMILES string of the molecule is CCCNC(Cc1ccccc1S(=O)(=O)CC)CC(C)C. The summed E-state index contributed by atoms with van der Waals surface area (Å²) in [6, 6.07) is 7.75. The maximum atomic E-state index is 12.2. The van der Waals surface area contributed by atoms with Crippen LogP contribution in [0.3, 0.4) is 0 Å². The summed E-state index contributed by atoms with van der Waals surface area (Å²) >= 11 is 0. The van der Waals surface area contributed by atoms with Crippen LogP contribution >= 0.6 is 0 Å². The molecule has 0 spiro atoms. The lowest BCUT2D eigenvalue weighted by Crippen LogP contribution is -2.33. The molecule has 0 aliphatic heterocycles. The standard InChI is InChI=1S/C17H29NO2S/c1-5-11-18-16(12-14(3)4)13-15-9-7-8-10-17(15)21(19,20)6-2/h7-10,14,16,18H,5-6,11-13H2,1-4H3. The van der Waals surface area contributed by atoms with Crippen molar-refractivity contribution in [3.05, 3.63) is 29.8 Å². The minimum absolute atomic E-state index is 0.154. The molecular weight excluding hydrogens is 282 g/mol. The van der Waals surface area contributed by atoms with E-state index in [1.165, 1.54) is 0 Å². The van der Waals surface area contributed by atoms with Crippen molar-refractivity contribution >= 4 is 9.84 Å². The second kappa shape index (κ2) is 8.54. The van der Waals surface area contributed by atoms with E-state index in [1.54, 1.807) is 13.0 Å². The van der Waals surface area contributed by atoms with Gasteiger partial charge < -0.3 is 5.32 Å². The van der Waals surface area contributed by atoms with Crippen LogP contribution < -0.4 is 5.32 Å². The molecule has 1 N–H and O–H groups in total. The molecular formula is C17H29NO2S. The van der Waals surface area contributed by atoms with Gasteiger partial charge in [-0.15, -0.1) is 0 Å². The van der Waals surface area contributed by atoms with Crippen molar-refractivity contribution in [1.29, 1.82) is 0 Å². The van der Waals surface area contributed by atoms with Gasteiger partial charge in [-0.2, -0.15) is 0 Å². The first kappa shape index (κ1) is 18.2. The number of nitrogens with one attached hydrogen (secondary N) is 1. The Hall–Kier alpha value is -0.870. The molecule has 21 heavy (non-hydrogen) atoms. The van der Waals surface area contributed by atoms with E-state index in [0.717, 1.165) is 31.4 Å². The Morgan fingerprint density at radius 1 is 1.14 bits per heavy atom. The quantitative estimate of drug-likeness (QED) is 0.760. The topological polar surface area (TPSA) is 46.2 Å². The Labute approximate surface area is 130 Å². The third-order valence-electron chi connectivity index (χ3n) is 3.59. The lowest BCUT2D eigenvalue weighted by molar-refractivity contribution is 0.414. The van der Waals surface area contributed by atoms with Gasteiger partial charge in [-0.1, -0.05) is 45.9 Å². The summed E-state index contributed by atoms with van der Waals surface area (Å²) < 4.78 is 24.4. The molecule has 120 valence electrons. The predicted molar refractivity (Wildman–Crippen MR) is 89.4 cm³/mol. The fourth-order valence-electron chi connectivity index (χ4n) is 2.55. The highest BCUT2D eigenvalue weighted by molar-refractivity contribution is 7.91. The molecule has 0 bridgehead atoms. The van der Waals surface area contributed by atoms with Gasteiger partial charge in [0.05, 0.1) is 10.6 Å². The van der Waals surface area contributed by atoms with Crippen LogP contribution in [0, 0.1) is 5.92 Å². The first-order chi connectivity index (χ1) is 9.90. The lowest BCUT2D eigenvalue weighted by Gasteiger charge is -2.22. The fraction of sp³-hybridized carbons (Fsp3) is 0.647. The first-order valence-corrected chi connectivity index (χ1v) is 9.60. The van der Waals surface area contributed by atoms with E-state index in [1.807, 2.05) is 18.2 Å². The van der Waals surface area contributed by atoms with E-state index in [0.29, 0.717) is 16.9 Å². The predicted octanol–water partition coefficient (Wildman–Crippen LogP) is 3.44. The number of benzene rings is 1. The average molecular weight is 311 g/mol. The van der Waals surface area contributed by atoms with Crippen molar-refractivity contribution in [3.8, 4) is 0 Å². The minimum atomic E-state index is -3.15. The highest BCUT2D eigenvalue weighted by Crippen LogP contribution is 2.20. The van der Waals surface area contributed by atoms with Gasteiger partial charge in [0.1, 0.15) is 0 Å². The van der Waals surface area contributed by atoms with E-state index >= 15 is 0 Å². The molecule has 0 amide bonds. The third kappa shape index (κ3) is 5.79. The van der Waals surface area contributed by atoms with Crippen molar-refractivity contribution in [1.82, 2.24) is 5.32 Å². The zero-order valence-corrected chi connectivity index (χ0v) is 14.5. The smallest absolute Gasteiger partial charge is 0.178 e. The van der Waals surface area contributed by atoms with Gasteiger partial charge in [0.2, 0.25) is 0 Å². The number of hydrogen-bond donors (Lipinski definition) is 1. The van der Waals surface area contributed by atoms with Crippen LogP contribution in [0.25, 0.3) is 0 Å². The Bertz CT molecular complexity index is 523. The zero-order chi connectivity index (χ0) is 15.9. The Morgan fingerprint density at radius 3 is 2.38 bits per heavy atom. The van der Waals surface area contributed by atoms with Crippen LogP contribution in [0.2, 0.25) is 0 Å². The lowest BCUT2D eigenvalue weighted by atomic mass is 9.97. The van der Waals surface area contributed by atoms with Crippen LogP contribution in [0.1, 0.15) is 46.1 Å². The van der Waals surface area contributed by atoms with Gasteiger partial charge in [0.25, 0.3) is 0 Å². The Balaban J connectivity index is 2.98. The second-order valence-corrected chi connectivity index (χ2v) is 8.24. The van der Waals surface area contributed by atoms with Crippen molar-refractivity contribution < 1.29 is 8.42 Å². The molecule has 0 heterocycles. The minimum Gasteiger partial charge on any atom is -0.314 e. The molecule has 0 saturated carbocycles. The molecule has 0 saturated heterocycles. The second-order valence-electron chi connectivity index (χ2n) is 6.00. The molecule has 1 unspecified atom stereocenters. The normalized spacial score (nSPS) is 13.6. The monoisotopic (exact) mass is 311 g/mol. The van der Waals surface area contributed by atoms with Crippen molar-refractivity contribution in [2.75, 3.05) is 12.3 Å². The maximum absolute atomic E-state index is 12.2. The van der Waals surface area contributed by atoms with Gasteiger partial charge in [-0.05, 0) is 43.4 Å². The summed E-state index contributed by atoms with van der Waals surface area (Å²) in [5.41, 5.74) is 0.939. The average Bonchev–Trinajstić information content (AvgIpc) is 2.44. The molecule has 1 aromatic carbocycles. The molecule has 4 heteroatoms. The third-order valence-corrected chi connectivity index (χ3v) is 5.42. The molecule has 1 atom stereocenters. The largest absolute Gasteiger partial charge is 0.314 e. The number of rotatable bonds is 9. The summed E-state index contributed by atoms with van der Waals surface area (Å²) in [7, 11) is -3.15. The number of sulfone groups is 1. The van der Waals surface area contributed by atoms with Crippen LogP contribution in [0.4, 0.5) is 0 Å². The molecule has 0 aromatic heterocycles. The van der Waals surface area contributed by atoms with Crippen LogP contribution in [0.15, 0.2) is 29.2 Å². The van der Waals surface area contributed by atoms with E-state index in [2.05, 4.69) is 26.1 Å². The summed E-state index contributed by atoms with van der Waals surface area (Å²) in [5, 5.41) is 3.55. The summed E-state index contributed by atoms with van der Waals surface area (Å²) in [6.45, 7) is 9.23. The van der Waals surface area contributed by atoms with Crippen LogP contribution in [0.5, 0.6) is 0 Å². The van der Waals surface area contributed by atoms with Crippen LogP contribution in [-0.2, 0) is 16.3 Å². The molecule has 1 aromatic rings. The first-order valence-electron chi connectivity index (χ1n) is 7.94. The van der Waals surface area contributed by atoms with E-state index in [4.69, 9.17) is 0 Å². The van der Waals surface area contributed by atoms with Crippen LogP contribution in [-0.4, -0.2) is 26.8 Å². The highest BCUT2D eigenvalue weighted by atomic mass is 32.2. The van der Waals surface area contributed by atoms with Gasteiger partial charge in [-0.25, -0.2) is 8.42 Å². The van der Waals surface area contributed by atoms with E-state index in [9.17, 15) is 8.42 Å². The van der Waals surface area contributed by atoms with E-state index in [-0.39, 0.29) is 5.75 Å². The number of hydrogen-bond acceptors (Lipinski definition) is 3. The molecule has 0 aliphatic carbocycles. The highest BCUT2D eigenvalue weighted by Gasteiger charge is 2.19. The Kier molecular flexibility index (Phi) is 7.40.